The van der Waals surface area contributed by atoms with Gasteiger partial charge in [0.25, 0.3) is 5.69 Å². The largest absolute Gasteiger partial charge is 0.392 e. The Hall–Kier alpha value is -1.65. The molecule has 64 valence electrons. The average molecular weight is 167 g/mol. The van der Waals surface area contributed by atoms with Gasteiger partial charge in [0, 0.05) is 11.8 Å². The lowest BCUT2D eigenvalue weighted by atomic mass is 10.2. The minimum atomic E-state index is -0.503. The van der Waals surface area contributed by atoms with E-state index in [1.54, 1.807) is 13.8 Å². The van der Waals surface area contributed by atoms with E-state index in [9.17, 15) is 10.1 Å². The summed E-state index contributed by atoms with van der Waals surface area (Å²) in [6, 6.07) is 1.36. The van der Waals surface area contributed by atoms with Gasteiger partial charge in [0.15, 0.2) is 0 Å². The first kappa shape index (κ1) is 8.45. The van der Waals surface area contributed by atoms with Crippen molar-refractivity contribution in [3.8, 4) is 0 Å². The molecule has 1 heterocycles. The van der Waals surface area contributed by atoms with Crippen LogP contribution >= 0.6 is 0 Å². The summed E-state index contributed by atoms with van der Waals surface area (Å²) in [4.78, 5) is 13.9. The number of rotatable bonds is 1. The molecule has 0 bridgehead atoms. The maximum absolute atomic E-state index is 10.4. The molecule has 1 rings (SSSR count). The lowest BCUT2D eigenvalue weighted by Crippen LogP contribution is -2.01. The third kappa shape index (κ3) is 1.34. The van der Waals surface area contributed by atoms with Crippen molar-refractivity contribution in [2.75, 3.05) is 5.73 Å². The molecule has 0 spiro atoms. The summed E-state index contributed by atoms with van der Waals surface area (Å²) >= 11 is 0. The summed E-state index contributed by atoms with van der Waals surface area (Å²) < 4.78 is 0. The van der Waals surface area contributed by atoms with Gasteiger partial charge in [-0.3, -0.25) is 15.1 Å². The number of pyridine rings is 1. The van der Waals surface area contributed by atoms with Gasteiger partial charge in [-0.15, -0.1) is 0 Å². The van der Waals surface area contributed by atoms with E-state index in [0.717, 1.165) is 0 Å². The third-order valence-corrected chi connectivity index (χ3v) is 1.55. The number of nitrogens with two attached hydrogens (primary N) is 1. The average Bonchev–Trinajstić information content (AvgIpc) is 1.96. The molecular weight excluding hydrogens is 158 g/mol. The molecule has 0 radical (unpaired) electrons. The Kier molecular flexibility index (Phi) is 1.95. The van der Waals surface area contributed by atoms with Gasteiger partial charge in [-0.2, -0.15) is 0 Å². The number of nitrogen functional groups attached to an aromatic ring is 1. The number of aryl methyl sites for hydroxylation is 2. The number of aromatic nitrogens is 1. The Labute approximate surface area is 69.4 Å². The van der Waals surface area contributed by atoms with Crippen LogP contribution in [-0.2, 0) is 0 Å². The number of nitrogens with zero attached hydrogens (tertiary/aromatic N) is 2. The smallest absolute Gasteiger partial charge is 0.295 e. The lowest BCUT2D eigenvalue weighted by Gasteiger charge is -2.01. The van der Waals surface area contributed by atoms with Crippen LogP contribution in [0.25, 0.3) is 0 Å². The van der Waals surface area contributed by atoms with Crippen LogP contribution in [0, 0.1) is 24.0 Å². The van der Waals surface area contributed by atoms with Crippen LogP contribution in [0.2, 0.25) is 0 Å². The molecular formula is C7H9N3O2. The van der Waals surface area contributed by atoms with Gasteiger partial charge < -0.3 is 5.73 Å². The van der Waals surface area contributed by atoms with Crippen LogP contribution in [0.4, 0.5) is 11.4 Å². The van der Waals surface area contributed by atoms with Crippen molar-refractivity contribution in [1.29, 1.82) is 0 Å². The van der Waals surface area contributed by atoms with E-state index < -0.39 is 4.92 Å². The second-order valence-electron chi connectivity index (χ2n) is 2.54. The normalized spacial score (nSPS) is 9.83. The fourth-order valence-electron chi connectivity index (χ4n) is 0.969. The van der Waals surface area contributed by atoms with Crippen LogP contribution in [0.15, 0.2) is 6.07 Å². The van der Waals surface area contributed by atoms with Crippen molar-refractivity contribution < 1.29 is 4.92 Å². The zero-order valence-corrected chi connectivity index (χ0v) is 6.87. The van der Waals surface area contributed by atoms with E-state index in [-0.39, 0.29) is 11.4 Å². The van der Waals surface area contributed by atoms with E-state index in [0.29, 0.717) is 11.4 Å². The fraction of sp³-hybridized carbons (Fsp3) is 0.286. The molecule has 0 aliphatic heterocycles. The molecule has 1 aromatic heterocycles. The third-order valence-electron chi connectivity index (χ3n) is 1.55. The molecule has 0 fully saturated rings. The fourth-order valence-corrected chi connectivity index (χ4v) is 0.969. The van der Waals surface area contributed by atoms with Gasteiger partial charge in [0.05, 0.1) is 10.6 Å². The highest BCUT2D eigenvalue weighted by atomic mass is 16.6. The predicted octanol–water partition coefficient (Wildman–Crippen LogP) is 1.19. The SMILES string of the molecule is Cc1cc([N+](=O)[O-])c(N)c(C)n1. The van der Waals surface area contributed by atoms with Gasteiger partial charge in [-0.25, -0.2) is 0 Å². The van der Waals surface area contributed by atoms with Gasteiger partial charge >= 0.3 is 0 Å². The standard InChI is InChI=1S/C7H9N3O2/c1-4-3-6(10(11)12)7(8)5(2)9-4/h3H,8H2,1-2H3. The van der Waals surface area contributed by atoms with Gasteiger partial charge in [-0.05, 0) is 13.8 Å². The molecule has 0 aliphatic carbocycles. The maximum Gasteiger partial charge on any atom is 0.295 e. The number of hydrogen-bond donors (Lipinski definition) is 1. The molecule has 0 aliphatic rings. The first-order chi connectivity index (χ1) is 5.52. The summed E-state index contributed by atoms with van der Waals surface area (Å²) in [7, 11) is 0. The van der Waals surface area contributed by atoms with Crippen LogP contribution < -0.4 is 5.73 Å². The minimum Gasteiger partial charge on any atom is -0.392 e. The summed E-state index contributed by atoms with van der Waals surface area (Å²) in [5, 5.41) is 10.4. The predicted molar refractivity (Wildman–Crippen MR) is 44.8 cm³/mol. The van der Waals surface area contributed by atoms with E-state index in [4.69, 9.17) is 5.73 Å². The highest BCUT2D eigenvalue weighted by molar-refractivity contribution is 5.60. The maximum atomic E-state index is 10.4. The Balaban J connectivity index is 3.37. The summed E-state index contributed by atoms with van der Waals surface area (Å²) in [6.45, 7) is 3.34. The van der Waals surface area contributed by atoms with Crippen LogP contribution in [0.5, 0.6) is 0 Å². The van der Waals surface area contributed by atoms with E-state index in [1.165, 1.54) is 6.07 Å². The van der Waals surface area contributed by atoms with Gasteiger partial charge in [0.2, 0.25) is 0 Å². The van der Waals surface area contributed by atoms with E-state index >= 15 is 0 Å². The summed E-state index contributed by atoms with van der Waals surface area (Å²) in [5.41, 5.74) is 6.63. The monoisotopic (exact) mass is 167 g/mol. The first-order valence-corrected chi connectivity index (χ1v) is 3.40. The molecule has 0 amide bonds. The Morgan fingerprint density at radius 3 is 2.67 bits per heavy atom. The highest BCUT2D eigenvalue weighted by Gasteiger charge is 2.14. The van der Waals surface area contributed by atoms with Crippen molar-refractivity contribution in [2.24, 2.45) is 0 Å². The highest BCUT2D eigenvalue weighted by Crippen LogP contribution is 2.23. The van der Waals surface area contributed by atoms with Crippen molar-refractivity contribution in [1.82, 2.24) is 4.98 Å². The van der Waals surface area contributed by atoms with Crippen molar-refractivity contribution in [3.05, 3.63) is 27.6 Å². The molecule has 0 saturated carbocycles. The first-order valence-electron chi connectivity index (χ1n) is 3.40. The quantitative estimate of drug-likeness (QED) is 0.503. The van der Waals surface area contributed by atoms with Crippen LogP contribution in [0.1, 0.15) is 11.4 Å². The molecule has 0 aromatic carbocycles. The molecule has 0 saturated heterocycles. The lowest BCUT2D eigenvalue weighted by molar-refractivity contribution is -0.384. The van der Waals surface area contributed by atoms with Crippen molar-refractivity contribution >= 4 is 11.4 Å². The Bertz CT molecular complexity index is 336. The van der Waals surface area contributed by atoms with Crippen molar-refractivity contribution in [3.63, 3.8) is 0 Å². The summed E-state index contributed by atoms with van der Waals surface area (Å²) in [6.07, 6.45) is 0. The van der Waals surface area contributed by atoms with Crippen LogP contribution in [-0.4, -0.2) is 9.91 Å². The van der Waals surface area contributed by atoms with E-state index in [1.807, 2.05) is 0 Å². The zero-order valence-electron chi connectivity index (χ0n) is 6.87. The Morgan fingerprint density at radius 1 is 1.58 bits per heavy atom. The number of hydrogen-bond acceptors (Lipinski definition) is 4. The number of anilines is 1. The Morgan fingerprint density at radius 2 is 2.17 bits per heavy atom. The van der Waals surface area contributed by atoms with Gasteiger partial charge in [0.1, 0.15) is 5.69 Å². The van der Waals surface area contributed by atoms with Gasteiger partial charge in [-0.1, -0.05) is 0 Å². The molecule has 1 aromatic rings. The van der Waals surface area contributed by atoms with Crippen LogP contribution in [0.3, 0.4) is 0 Å². The topological polar surface area (TPSA) is 82.0 Å². The number of nitro groups is 1. The molecule has 0 unspecified atom stereocenters. The molecule has 12 heavy (non-hydrogen) atoms. The molecule has 0 atom stereocenters. The second kappa shape index (κ2) is 2.77. The molecule has 5 heteroatoms. The molecule has 5 nitrogen and oxygen atoms in total. The van der Waals surface area contributed by atoms with Crippen molar-refractivity contribution in [2.45, 2.75) is 13.8 Å². The second-order valence-corrected chi connectivity index (χ2v) is 2.54. The van der Waals surface area contributed by atoms with E-state index in [2.05, 4.69) is 4.98 Å². The summed E-state index contributed by atoms with van der Waals surface area (Å²) in [5.74, 6) is 0. The molecule has 2 N–H and O–H groups in total. The zero-order chi connectivity index (χ0) is 9.30. The minimum absolute atomic E-state index is 0.0694.